The molecule has 2 N–H and O–H groups in total. The average molecular weight is 262 g/mol. The molecule has 7 nitrogen and oxygen atoms in total. The van der Waals surface area contributed by atoms with Crippen molar-refractivity contribution in [1.82, 2.24) is 9.45 Å². The second-order valence-corrected chi connectivity index (χ2v) is 5.35. The number of nitrogens with one attached hydrogen (secondary N) is 1. The van der Waals surface area contributed by atoms with Crippen LogP contribution in [0.4, 0.5) is 0 Å². The van der Waals surface area contributed by atoms with E-state index in [-0.39, 0.29) is 21.8 Å². The monoisotopic (exact) mass is 262 g/mol. The van der Waals surface area contributed by atoms with E-state index in [1.807, 2.05) is 0 Å². The number of carboxylic acid groups (broad SMARTS) is 1. The molecule has 0 fully saturated rings. The molecule has 0 saturated carbocycles. The van der Waals surface area contributed by atoms with Crippen LogP contribution < -0.4 is 0 Å². The van der Waals surface area contributed by atoms with E-state index in [1.54, 1.807) is 0 Å². The summed E-state index contributed by atoms with van der Waals surface area (Å²) in [5, 5.41) is 8.89. The molecule has 1 aromatic rings. The van der Waals surface area contributed by atoms with Crippen LogP contribution in [-0.2, 0) is 14.9 Å². The van der Waals surface area contributed by atoms with Crippen molar-refractivity contribution < 1.29 is 23.2 Å². The smallest absolute Gasteiger partial charge is 0.352 e. The Balaban J connectivity index is 3.48. The zero-order valence-electron chi connectivity index (χ0n) is 9.94. The second-order valence-electron chi connectivity index (χ2n) is 3.48. The molecule has 0 saturated heterocycles. The zero-order valence-corrected chi connectivity index (χ0v) is 10.8. The number of hydrogen-bond acceptors (Lipinski definition) is 4. The first-order valence-corrected chi connectivity index (χ1v) is 6.13. The zero-order chi connectivity index (χ0) is 13.4. The quantitative estimate of drug-likeness (QED) is 0.770. The molecule has 96 valence electrons. The maximum atomic E-state index is 12.0. The molecule has 0 radical (unpaired) electrons. The summed E-state index contributed by atoms with van der Waals surface area (Å²) >= 11 is 0. The summed E-state index contributed by atoms with van der Waals surface area (Å²) in [5.74, 6) is -1.20. The normalized spacial score (nSPS) is 12.1. The highest BCUT2D eigenvalue weighted by molar-refractivity contribution is 7.89. The van der Waals surface area contributed by atoms with Crippen LogP contribution >= 0.6 is 0 Å². The molecular formula is C9H14N2O5S. The lowest BCUT2D eigenvalue weighted by Crippen LogP contribution is -2.26. The number of sulfonamides is 1. The van der Waals surface area contributed by atoms with E-state index in [4.69, 9.17) is 5.11 Å². The van der Waals surface area contributed by atoms with Crippen molar-refractivity contribution in [2.24, 2.45) is 0 Å². The Labute approximate surface area is 99.0 Å². The van der Waals surface area contributed by atoms with E-state index < -0.39 is 16.0 Å². The fourth-order valence-corrected chi connectivity index (χ4v) is 2.94. The first-order chi connectivity index (χ1) is 7.73. The minimum absolute atomic E-state index is 0.0701. The number of aryl methyl sites for hydroxylation is 1. The van der Waals surface area contributed by atoms with E-state index in [9.17, 15) is 13.2 Å². The van der Waals surface area contributed by atoms with Crippen LogP contribution in [0.5, 0.6) is 0 Å². The molecule has 0 aliphatic rings. The minimum atomic E-state index is -3.85. The number of H-pyrrole nitrogens is 1. The van der Waals surface area contributed by atoms with Crippen molar-refractivity contribution >= 4 is 16.0 Å². The molecule has 0 atom stereocenters. The van der Waals surface area contributed by atoms with Crippen molar-refractivity contribution in [2.75, 3.05) is 14.2 Å². The summed E-state index contributed by atoms with van der Waals surface area (Å²) in [6.45, 7) is 2.93. The molecule has 0 spiro atoms. The van der Waals surface area contributed by atoms with Crippen molar-refractivity contribution in [2.45, 2.75) is 18.7 Å². The number of aromatic carboxylic acids is 1. The molecule has 8 heteroatoms. The van der Waals surface area contributed by atoms with Gasteiger partial charge in [0.05, 0.1) is 7.11 Å². The SMILES string of the molecule is CON(C)S(=O)(=O)c1c(C)[nH]c(C(=O)O)c1C. The van der Waals surface area contributed by atoms with Gasteiger partial charge in [-0.2, -0.15) is 0 Å². The number of carbonyl (C=O) groups is 1. The van der Waals surface area contributed by atoms with E-state index >= 15 is 0 Å². The Hall–Kier alpha value is -1.38. The third kappa shape index (κ3) is 2.19. The first kappa shape index (κ1) is 13.7. The van der Waals surface area contributed by atoms with Gasteiger partial charge in [-0.3, -0.25) is 4.84 Å². The van der Waals surface area contributed by atoms with Gasteiger partial charge in [-0.05, 0) is 13.8 Å². The Morgan fingerprint density at radius 1 is 1.41 bits per heavy atom. The van der Waals surface area contributed by atoms with E-state index in [1.165, 1.54) is 28.0 Å². The lowest BCUT2D eigenvalue weighted by atomic mass is 10.2. The third-order valence-corrected chi connectivity index (χ3v) is 4.39. The van der Waals surface area contributed by atoms with E-state index in [0.29, 0.717) is 4.47 Å². The van der Waals surface area contributed by atoms with E-state index in [0.717, 1.165) is 0 Å². The molecule has 1 heterocycles. The van der Waals surface area contributed by atoms with Crippen LogP contribution in [0.3, 0.4) is 0 Å². The van der Waals surface area contributed by atoms with Crippen LogP contribution in [-0.4, -0.2) is 43.1 Å². The average Bonchev–Trinajstić information content (AvgIpc) is 2.53. The fourth-order valence-electron chi connectivity index (χ4n) is 1.56. The fraction of sp³-hybridized carbons (Fsp3) is 0.444. The summed E-state index contributed by atoms with van der Waals surface area (Å²) in [6.07, 6.45) is 0. The van der Waals surface area contributed by atoms with Gasteiger partial charge in [0.1, 0.15) is 10.6 Å². The summed E-state index contributed by atoms with van der Waals surface area (Å²) in [4.78, 5) is 18.0. The molecule has 0 aliphatic heterocycles. The highest BCUT2D eigenvalue weighted by Crippen LogP contribution is 2.25. The minimum Gasteiger partial charge on any atom is -0.477 e. The summed E-state index contributed by atoms with van der Waals surface area (Å²) in [5.41, 5.74) is 0.299. The number of hydroxylamine groups is 1. The van der Waals surface area contributed by atoms with Crippen LogP contribution in [0.2, 0.25) is 0 Å². The maximum absolute atomic E-state index is 12.0. The van der Waals surface area contributed by atoms with Gasteiger partial charge in [0, 0.05) is 18.3 Å². The highest BCUT2D eigenvalue weighted by atomic mass is 32.2. The first-order valence-electron chi connectivity index (χ1n) is 4.69. The van der Waals surface area contributed by atoms with Gasteiger partial charge in [-0.25, -0.2) is 13.2 Å². The molecule has 0 amide bonds. The summed E-state index contributed by atoms with van der Waals surface area (Å²) in [6, 6.07) is 0. The standard InChI is InChI=1S/C9H14N2O5S/c1-5-7(9(12)13)10-6(2)8(5)17(14,15)11(3)16-4/h10H,1-4H3,(H,12,13). The molecular weight excluding hydrogens is 248 g/mol. The number of nitrogens with zero attached hydrogens (tertiary/aromatic N) is 1. The number of aromatic amines is 1. The van der Waals surface area contributed by atoms with Crippen molar-refractivity contribution in [1.29, 1.82) is 0 Å². The molecule has 0 aliphatic carbocycles. The van der Waals surface area contributed by atoms with Gasteiger partial charge in [0.2, 0.25) is 0 Å². The molecule has 0 bridgehead atoms. The van der Waals surface area contributed by atoms with Crippen molar-refractivity contribution in [3.05, 3.63) is 17.0 Å². The Kier molecular flexibility index (Phi) is 3.60. The topological polar surface area (TPSA) is 99.7 Å². The van der Waals surface area contributed by atoms with Crippen molar-refractivity contribution in [3.8, 4) is 0 Å². The number of hydrogen-bond donors (Lipinski definition) is 2. The van der Waals surface area contributed by atoms with E-state index in [2.05, 4.69) is 9.82 Å². The predicted molar refractivity (Wildman–Crippen MR) is 59.2 cm³/mol. The van der Waals surface area contributed by atoms with Crippen LogP contribution in [0.15, 0.2) is 4.90 Å². The van der Waals surface area contributed by atoms with Gasteiger partial charge in [0.15, 0.2) is 0 Å². The van der Waals surface area contributed by atoms with Crippen LogP contribution in [0, 0.1) is 13.8 Å². The molecule has 17 heavy (non-hydrogen) atoms. The maximum Gasteiger partial charge on any atom is 0.352 e. The number of carboxylic acids is 1. The number of rotatable bonds is 4. The van der Waals surface area contributed by atoms with Gasteiger partial charge in [0.25, 0.3) is 10.0 Å². The molecule has 0 unspecified atom stereocenters. The van der Waals surface area contributed by atoms with Gasteiger partial charge >= 0.3 is 5.97 Å². The highest BCUT2D eigenvalue weighted by Gasteiger charge is 2.29. The Bertz CT molecular complexity index is 546. The molecule has 0 aromatic carbocycles. The lowest BCUT2D eigenvalue weighted by molar-refractivity contribution is -0.0259. The third-order valence-electron chi connectivity index (χ3n) is 2.44. The van der Waals surface area contributed by atoms with Gasteiger partial charge in [-0.15, -0.1) is 0 Å². The largest absolute Gasteiger partial charge is 0.477 e. The van der Waals surface area contributed by atoms with Gasteiger partial charge in [-0.1, -0.05) is 4.47 Å². The summed E-state index contributed by atoms with van der Waals surface area (Å²) < 4.78 is 24.7. The molecule has 1 rings (SSSR count). The van der Waals surface area contributed by atoms with Crippen molar-refractivity contribution in [3.63, 3.8) is 0 Å². The predicted octanol–water partition coefficient (Wildman–Crippen LogP) is 0.512. The lowest BCUT2D eigenvalue weighted by Gasteiger charge is -2.14. The van der Waals surface area contributed by atoms with Crippen LogP contribution in [0.1, 0.15) is 21.7 Å². The number of aromatic nitrogens is 1. The van der Waals surface area contributed by atoms with Crippen LogP contribution in [0.25, 0.3) is 0 Å². The summed E-state index contributed by atoms with van der Waals surface area (Å²) in [7, 11) is -1.39. The second kappa shape index (κ2) is 4.47. The van der Waals surface area contributed by atoms with Gasteiger partial charge < -0.3 is 10.1 Å². The molecule has 1 aromatic heterocycles. The Morgan fingerprint density at radius 2 is 1.94 bits per heavy atom. The Morgan fingerprint density at radius 3 is 2.29 bits per heavy atom.